The van der Waals surface area contributed by atoms with E-state index in [4.69, 9.17) is 0 Å². The van der Waals surface area contributed by atoms with Crippen molar-refractivity contribution in [3.8, 4) is 0 Å². The first-order valence-electron chi connectivity index (χ1n) is 9.85. The molecule has 1 saturated carbocycles. The highest BCUT2D eigenvalue weighted by Gasteiger charge is 2.17. The minimum atomic E-state index is -0.171. The summed E-state index contributed by atoms with van der Waals surface area (Å²) in [5, 5.41) is 5.56. The highest BCUT2D eigenvalue weighted by Crippen LogP contribution is 2.25. The quantitative estimate of drug-likeness (QED) is 0.710. The van der Waals surface area contributed by atoms with Crippen molar-refractivity contribution in [2.24, 2.45) is 5.92 Å². The molecule has 2 rings (SSSR count). The summed E-state index contributed by atoms with van der Waals surface area (Å²) in [6, 6.07) is 3.95. The van der Waals surface area contributed by atoms with Crippen LogP contribution in [0.3, 0.4) is 0 Å². The van der Waals surface area contributed by atoms with Crippen molar-refractivity contribution in [2.75, 3.05) is 24.5 Å². The van der Waals surface area contributed by atoms with Crippen LogP contribution in [0, 0.1) is 5.92 Å². The molecule has 1 heterocycles. The molecule has 0 spiro atoms. The molecule has 1 aromatic heterocycles. The van der Waals surface area contributed by atoms with Crippen molar-refractivity contribution < 1.29 is 9.59 Å². The SMILES string of the molecule is CCN(CC)c1ccc(CNC(=O)CNC(=O)CC2CCCCC2)cn1. The standard InChI is InChI=1S/C20H32N4O2/c1-3-24(4-2)18-11-10-17(13-21-18)14-22-20(26)15-23-19(25)12-16-8-6-5-7-9-16/h10-11,13,16H,3-9,12,14-15H2,1-2H3,(H,22,26)(H,23,25). The van der Waals surface area contributed by atoms with Gasteiger partial charge in [0, 0.05) is 32.3 Å². The Hall–Kier alpha value is -2.11. The molecule has 1 aliphatic carbocycles. The maximum absolute atomic E-state index is 11.9. The maximum atomic E-state index is 11.9. The molecule has 144 valence electrons. The van der Waals surface area contributed by atoms with E-state index in [9.17, 15) is 9.59 Å². The number of aromatic nitrogens is 1. The Morgan fingerprint density at radius 3 is 2.42 bits per heavy atom. The van der Waals surface area contributed by atoms with E-state index in [1.54, 1.807) is 6.20 Å². The lowest BCUT2D eigenvalue weighted by Gasteiger charge is -2.20. The van der Waals surface area contributed by atoms with Gasteiger partial charge < -0.3 is 15.5 Å². The van der Waals surface area contributed by atoms with Gasteiger partial charge in [-0.05, 0) is 44.2 Å². The monoisotopic (exact) mass is 360 g/mol. The molecule has 0 bridgehead atoms. The highest BCUT2D eigenvalue weighted by atomic mass is 16.2. The fourth-order valence-corrected chi connectivity index (χ4v) is 3.42. The molecular weight excluding hydrogens is 328 g/mol. The van der Waals surface area contributed by atoms with Crippen LogP contribution in [-0.4, -0.2) is 36.4 Å². The number of anilines is 1. The summed E-state index contributed by atoms with van der Waals surface area (Å²) in [7, 11) is 0. The first-order chi connectivity index (χ1) is 12.6. The van der Waals surface area contributed by atoms with Crippen molar-refractivity contribution in [1.29, 1.82) is 0 Å². The number of rotatable bonds is 9. The number of hydrogen-bond acceptors (Lipinski definition) is 4. The van der Waals surface area contributed by atoms with Crippen molar-refractivity contribution in [2.45, 2.75) is 58.9 Å². The Bertz CT molecular complexity index is 564. The maximum Gasteiger partial charge on any atom is 0.239 e. The summed E-state index contributed by atoms with van der Waals surface area (Å²) >= 11 is 0. The van der Waals surface area contributed by atoms with E-state index in [1.165, 1.54) is 19.3 Å². The topological polar surface area (TPSA) is 74.3 Å². The van der Waals surface area contributed by atoms with Gasteiger partial charge >= 0.3 is 0 Å². The molecule has 26 heavy (non-hydrogen) atoms. The van der Waals surface area contributed by atoms with Crippen LogP contribution in [0.4, 0.5) is 5.82 Å². The van der Waals surface area contributed by atoms with Crippen LogP contribution in [0.2, 0.25) is 0 Å². The van der Waals surface area contributed by atoms with Crippen LogP contribution in [-0.2, 0) is 16.1 Å². The molecule has 6 heteroatoms. The van der Waals surface area contributed by atoms with Gasteiger partial charge in [-0.2, -0.15) is 0 Å². The lowest BCUT2D eigenvalue weighted by Crippen LogP contribution is -2.37. The Morgan fingerprint density at radius 2 is 1.81 bits per heavy atom. The first kappa shape index (κ1) is 20.2. The van der Waals surface area contributed by atoms with Crippen molar-refractivity contribution in [3.05, 3.63) is 23.9 Å². The zero-order valence-electron chi connectivity index (χ0n) is 16.1. The average molecular weight is 361 g/mol. The molecule has 0 atom stereocenters. The van der Waals surface area contributed by atoms with E-state index >= 15 is 0 Å². The van der Waals surface area contributed by atoms with E-state index < -0.39 is 0 Å². The fraction of sp³-hybridized carbons (Fsp3) is 0.650. The van der Waals surface area contributed by atoms with Crippen LogP contribution in [0.15, 0.2) is 18.3 Å². The van der Waals surface area contributed by atoms with Gasteiger partial charge in [0.1, 0.15) is 5.82 Å². The third-order valence-electron chi connectivity index (χ3n) is 5.03. The lowest BCUT2D eigenvalue weighted by molar-refractivity contribution is -0.126. The molecule has 0 aromatic carbocycles. The average Bonchev–Trinajstić information content (AvgIpc) is 2.67. The second kappa shape index (κ2) is 10.8. The third kappa shape index (κ3) is 6.65. The van der Waals surface area contributed by atoms with Crippen LogP contribution >= 0.6 is 0 Å². The number of nitrogens with one attached hydrogen (secondary N) is 2. The lowest BCUT2D eigenvalue weighted by atomic mass is 9.87. The molecule has 0 saturated heterocycles. The highest BCUT2D eigenvalue weighted by molar-refractivity contribution is 5.84. The van der Waals surface area contributed by atoms with Gasteiger partial charge in [0.25, 0.3) is 0 Å². The van der Waals surface area contributed by atoms with Crippen LogP contribution < -0.4 is 15.5 Å². The minimum Gasteiger partial charge on any atom is -0.357 e. The number of nitrogens with zero attached hydrogens (tertiary/aromatic N) is 2. The van der Waals surface area contributed by atoms with E-state index in [-0.39, 0.29) is 18.4 Å². The molecule has 2 amide bonds. The van der Waals surface area contributed by atoms with Crippen molar-refractivity contribution in [3.63, 3.8) is 0 Å². The summed E-state index contributed by atoms with van der Waals surface area (Å²) in [4.78, 5) is 30.5. The summed E-state index contributed by atoms with van der Waals surface area (Å²) in [5.74, 6) is 1.24. The zero-order valence-corrected chi connectivity index (χ0v) is 16.1. The first-order valence-corrected chi connectivity index (χ1v) is 9.85. The summed E-state index contributed by atoms with van der Waals surface area (Å²) in [6.07, 6.45) is 8.33. The minimum absolute atomic E-state index is 0.0164. The molecule has 0 unspecified atom stereocenters. The summed E-state index contributed by atoms with van der Waals surface area (Å²) in [6.45, 7) is 6.49. The molecule has 0 radical (unpaired) electrons. The number of carbonyl (C=O) groups is 2. The van der Waals surface area contributed by atoms with Crippen molar-refractivity contribution in [1.82, 2.24) is 15.6 Å². The Balaban J connectivity index is 1.67. The summed E-state index contributed by atoms with van der Waals surface area (Å²) in [5.41, 5.74) is 0.947. The molecule has 1 fully saturated rings. The predicted octanol–water partition coefficient (Wildman–Crippen LogP) is 2.63. The number of pyridine rings is 1. The normalized spacial score (nSPS) is 14.7. The second-order valence-corrected chi connectivity index (χ2v) is 6.96. The molecule has 0 aliphatic heterocycles. The smallest absolute Gasteiger partial charge is 0.239 e. The van der Waals surface area contributed by atoms with Gasteiger partial charge in [-0.25, -0.2) is 4.98 Å². The Morgan fingerprint density at radius 1 is 1.08 bits per heavy atom. The molecule has 1 aliphatic rings. The Labute approximate surface area is 156 Å². The van der Waals surface area contributed by atoms with Gasteiger partial charge in [-0.1, -0.05) is 25.3 Å². The number of carbonyl (C=O) groups excluding carboxylic acids is 2. The zero-order chi connectivity index (χ0) is 18.8. The van der Waals surface area contributed by atoms with E-state index in [1.807, 2.05) is 12.1 Å². The van der Waals surface area contributed by atoms with Crippen molar-refractivity contribution >= 4 is 17.6 Å². The second-order valence-electron chi connectivity index (χ2n) is 6.96. The molecule has 6 nitrogen and oxygen atoms in total. The van der Waals surface area contributed by atoms with Gasteiger partial charge in [0.05, 0.1) is 6.54 Å². The third-order valence-corrected chi connectivity index (χ3v) is 5.03. The summed E-state index contributed by atoms with van der Waals surface area (Å²) < 4.78 is 0. The van der Waals surface area contributed by atoms with Gasteiger partial charge in [-0.15, -0.1) is 0 Å². The van der Waals surface area contributed by atoms with E-state index in [0.29, 0.717) is 18.9 Å². The van der Waals surface area contributed by atoms with Gasteiger partial charge in [0.15, 0.2) is 0 Å². The van der Waals surface area contributed by atoms with E-state index in [0.717, 1.165) is 37.3 Å². The van der Waals surface area contributed by atoms with Gasteiger partial charge in [0.2, 0.25) is 11.8 Å². The number of amides is 2. The fourth-order valence-electron chi connectivity index (χ4n) is 3.42. The van der Waals surface area contributed by atoms with E-state index in [2.05, 4.69) is 34.4 Å². The Kier molecular flexibility index (Phi) is 8.38. The van der Waals surface area contributed by atoms with Crippen LogP contribution in [0.25, 0.3) is 0 Å². The molecular formula is C20H32N4O2. The largest absolute Gasteiger partial charge is 0.357 e. The molecule has 1 aromatic rings. The van der Waals surface area contributed by atoms with Crippen LogP contribution in [0.1, 0.15) is 57.9 Å². The number of hydrogen-bond donors (Lipinski definition) is 2. The van der Waals surface area contributed by atoms with Crippen LogP contribution in [0.5, 0.6) is 0 Å². The molecule has 2 N–H and O–H groups in total. The predicted molar refractivity (Wildman–Crippen MR) is 104 cm³/mol. The van der Waals surface area contributed by atoms with Gasteiger partial charge in [-0.3, -0.25) is 9.59 Å².